The first-order chi connectivity index (χ1) is 9.04. The van der Waals surface area contributed by atoms with Crippen LogP contribution >= 0.6 is 0 Å². The number of hydrogen-bond acceptors (Lipinski definition) is 5. The fraction of sp³-hybridized carbons (Fsp3) is 0.500. The van der Waals surface area contributed by atoms with Crippen LogP contribution < -0.4 is 10.5 Å². The average Bonchev–Trinajstić information content (AvgIpc) is 2.37. The Kier molecular flexibility index (Phi) is 6.15. The molecule has 2 N–H and O–H groups in total. The highest BCUT2D eigenvalue weighted by Crippen LogP contribution is 2.23. The van der Waals surface area contributed by atoms with Crippen molar-refractivity contribution < 1.29 is 19.0 Å². The van der Waals surface area contributed by atoms with Gasteiger partial charge in [0.25, 0.3) is 0 Å². The van der Waals surface area contributed by atoms with Gasteiger partial charge in [0.05, 0.1) is 24.5 Å². The summed E-state index contributed by atoms with van der Waals surface area (Å²) in [6.07, 6.45) is 0. The molecule has 0 aliphatic heterocycles. The van der Waals surface area contributed by atoms with E-state index in [0.717, 1.165) is 0 Å². The quantitative estimate of drug-likeness (QED) is 0.465. The Morgan fingerprint density at radius 2 is 2.05 bits per heavy atom. The Morgan fingerprint density at radius 3 is 2.63 bits per heavy atom. The number of esters is 1. The minimum absolute atomic E-state index is 0.223. The van der Waals surface area contributed by atoms with E-state index in [-0.39, 0.29) is 6.61 Å². The standard InChI is InChI=1S/C14H21NO4/c1-10(2)9-19-13-5-4-11(8-12(13)15)14(16)18-7-6-17-3/h4-5,8,10H,6-7,9,15H2,1-3H3. The predicted octanol–water partition coefficient (Wildman–Crippen LogP) is 2.11. The molecule has 0 unspecified atom stereocenters. The minimum atomic E-state index is -0.417. The van der Waals surface area contributed by atoms with Gasteiger partial charge in [0.1, 0.15) is 12.4 Å². The fourth-order valence-corrected chi connectivity index (χ4v) is 1.36. The van der Waals surface area contributed by atoms with Crippen LogP contribution in [0, 0.1) is 5.92 Å². The molecule has 0 aliphatic carbocycles. The van der Waals surface area contributed by atoms with Crippen LogP contribution in [-0.4, -0.2) is 32.9 Å². The van der Waals surface area contributed by atoms with E-state index < -0.39 is 5.97 Å². The monoisotopic (exact) mass is 267 g/mol. The molecule has 5 heteroatoms. The number of ether oxygens (including phenoxy) is 3. The van der Waals surface area contributed by atoms with Crippen molar-refractivity contribution in [3.63, 3.8) is 0 Å². The molecule has 0 radical (unpaired) electrons. The summed E-state index contributed by atoms with van der Waals surface area (Å²) in [4.78, 5) is 11.7. The van der Waals surface area contributed by atoms with Crippen molar-refractivity contribution in [2.75, 3.05) is 32.7 Å². The second-order valence-electron chi connectivity index (χ2n) is 4.59. The third-order valence-corrected chi connectivity index (χ3v) is 2.34. The van der Waals surface area contributed by atoms with Gasteiger partial charge in [0, 0.05) is 7.11 Å². The Morgan fingerprint density at radius 1 is 1.32 bits per heavy atom. The van der Waals surface area contributed by atoms with Gasteiger partial charge in [-0.25, -0.2) is 4.79 Å². The molecular weight excluding hydrogens is 246 g/mol. The Hall–Kier alpha value is -1.75. The summed E-state index contributed by atoms with van der Waals surface area (Å²) in [5, 5.41) is 0. The summed E-state index contributed by atoms with van der Waals surface area (Å²) >= 11 is 0. The van der Waals surface area contributed by atoms with Gasteiger partial charge in [-0.3, -0.25) is 0 Å². The first kappa shape index (κ1) is 15.3. The molecule has 0 amide bonds. The van der Waals surface area contributed by atoms with Crippen LogP contribution in [0.5, 0.6) is 5.75 Å². The van der Waals surface area contributed by atoms with Crippen LogP contribution in [0.1, 0.15) is 24.2 Å². The lowest BCUT2D eigenvalue weighted by molar-refractivity contribution is 0.0388. The van der Waals surface area contributed by atoms with Crippen molar-refractivity contribution in [3.05, 3.63) is 23.8 Å². The van der Waals surface area contributed by atoms with Gasteiger partial charge in [0.15, 0.2) is 0 Å². The Labute approximate surface area is 113 Å². The molecule has 0 spiro atoms. The topological polar surface area (TPSA) is 70.8 Å². The van der Waals surface area contributed by atoms with Gasteiger partial charge < -0.3 is 19.9 Å². The van der Waals surface area contributed by atoms with Crippen LogP contribution in [0.2, 0.25) is 0 Å². The second-order valence-corrected chi connectivity index (χ2v) is 4.59. The highest BCUT2D eigenvalue weighted by molar-refractivity contribution is 5.91. The molecule has 19 heavy (non-hydrogen) atoms. The number of methoxy groups -OCH3 is 1. The summed E-state index contributed by atoms with van der Waals surface area (Å²) < 4.78 is 15.3. The zero-order chi connectivity index (χ0) is 14.3. The molecule has 0 saturated heterocycles. The lowest BCUT2D eigenvalue weighted by Crippen LogP contribution is -2.11. The van der Waals surface area contributed by atoms with E-state index in [1.165, 1.54) is 0 Å². The molecule has 0 saturated carbocycles. The average molecular weight is 267 g/mol. The highest BCUT2D eigenvalue weighted by atomic mass is 16.6. The van der Waals surface area contributed by atoms with E-state index in [1.54, 1.807) is 25.3 Å². The molecule has 1 aromatic carbocycles. The highest BCUT2D eigenvalue weighted by Gasteiger charge is 2.10. The van der Waals surface area contributed by atoms with Gasteiger partial charge in [-0.2, -0.15) is 0 Å². The van der Waals surface area contributed by atoms with Gasteiger partial charge in [-0.05, 0) is 24.1 Å². The molecule has 0 aliphatic rings. The van der Waals surface area contributed by atoms with E-state index in [2.05, 4.69) is 13.8 Å². The molecule has 0 atom stereocenters. The predicted molar refractivity (Wildman–Crippen MR) is 73.3 cm³/mol. The molecule has 106 valence electrons. The third kappa shape index (κ3) is 5.18. The van der Waals surface area contributed by atoms with E-state index in [1.807, 2.05) is 0 Å². The maximum absolute atomic E-state index is 11.7. The smallest absolute Gasteiger partial charge is 0.338 e. The molecule has 0 heterocycles. The van der Waals surface area contributed by atoms with Crippen molar-refractivity contribution >= 4 is 11.7 Å². The maximum atomic E-state index is 11.7. The minimum Gasteiger partial charge on any atom is -0.491 e. The van der Waals surface area contributed by atoms with Gasteiger partial charge in [0.2, 0.25) is 0 Å². The molecule has 5 nitrogen and oxygen atoms in total. The second kappa shape index (κ2) is 7.63. The summed E-state index contributed by atoms with van der Waals surface area (Å²) in [6, 6.07) is 4.89. The molecule has 0 fully saturated rings. The number of hydrogen-bond donors (Lipinski definition) is 1. The zero-order valence-electron chi connectivity index (χ0n) is 11.6. The van der Waals surface area contributed by atoms with Crippen LogP contribution in [-0.2, 0) is 9.47 Å². The van der Waals surface area contributed by atoms with Crippen LogP contribution in [0.3, 0.4) is 0 Å². The molecule has 1 aromatic rings. The van der Waals surface area contributed by atoms with Gasteiger partial charge in [-0.1, -0.05) is 13.8 Å². The lowest BCUT2D eigenvalue weighted by atomic mass is 10.2. The number of carbonyl (C=O) groups excluding carboxylic acids is 1. The van der Waals surface area contributed by atoms with E-state index >= 15 is 0 Å². The summed E-state index contributed by atoms with van der Waals surface area (Å²) in [6.45, 7) is 5.29. The summed E-state index contributed by atoms with van der Waals surface area (Å²) in [5.41, 5.74) is 6.68. The van der Waals surface area contributed by atoms with Crippen LogP contribution in [0.4, 0.5) is 5.69 Å². The van der Waals surface area contributed by atoms with Crippen molar-refractivity contribution in [2.45, 2.75) is 13.8 Å². The van der Waals surface area contributed by atoms with Crippen LogP contribution in [0.15, 0.2) is 18.2 Å². The first-order valence-electron chi connectivity index (χ1n) is 6.23. The fourth-order valence-electron chi connectivity index (χ4n) is 1.36. The molecule has 1 rings (SSSR count). The number of nitrogens with two attached hydrogens (primary N) is 1. The number of nitrogen functional groups attached to an aromatic ring is 1. The molecule has 0 aromatic heterocycles. The van der Waals surface area contributed by atoms with Crippen LogP contribution in [0.25, 0.3) is 0 Å². The summed E-state index contributed by atoms with van der Waals surface area (Å²) in [5.74, 6) is 0.583. The first-order valence-corrected chi connectivity index (χ1v) is 6.23. The number of carbonyl (C=O) groups is 1. The van der Waals surface area contributed by atoms with E-state index in [9.17, 15) is 4.79 Å². The van der Waals surface area contributed by atoms with E-state index in [4.69, 9.17) is 19.9 Å². The van der Waals surface area contributed by atoms with Crippen molar-refractivity contribution in [1.29, 1.82) is 0 Å². The Balaban J connectivity index is 2.62. The largest absolute Gasteiger partial charge is 0.491 e. The van der Waals surface area contributed by atoms with Crippen molar-refractivity contribution in [3.8, 4) is 5.75 Å². The van der Waals surface area contributed by atoms with Crippen molar-refractivity contribution in [1.82, 2.24) is 0 Å². The number of anilines is 1. The molecule has 0 bridgehead atoms. The Bertz CT molecular complexity index is 418. The maximum Gasteiger partial charge on any atom is 0.338 e. The van der Waals surface area contributed by atoms with Crippen molar-refractivity contribution in [2.24, 2.45) is 5.92 Å². The number of rotatable bonds is 7. The lowest BCUT2D eigenvalue weighted by Gasteiger charge is -2.12. The third-order valence-electron chi connectivity index (χ3n) is 2.34. The normalized spacial score (nSPS) is 10.5. The van der Waals surface area contributed by atoms with Gasteiger partial charge >= 0.3 is 5.97 Å². The number of benzene rings is 1. The SMILES string of the molecule is COCCOC(=O)c1ccc(OCC(C)C)c(N)c1. The summed E-state index contributed by atoms with van der Waals surface area (Å²) in [7, 11) is 1.55. The zero-order valence-corrected chi connectivity index (χ0v) is 11.6. The van der Waals surface area contributed by atoms with E-state index in [0.29, 0.717) is 36.1 Å². The molecular formula is C14H21NO4. The van der Waals surface area contributed by atoms with Gasteiger partial charge in [-0.15, -0.1) is 0 Å².